The molecule has 0 aliphatic rings. The van der Waals surface area contributed by atoms with Gasteiger partial charge in [0, 0.05) is 5.69 Å². The van der Waals surface area contributed by atoms with Crippen LogP contribution in [-0.2, 0) is 22.6 Å². The fraction of sp³-hybridized carbons (Fsp3) is 0.200. The molecule has 0 radical (unpaired) electrons. The highest BCUT2D eigenvalue weighted by atomic mass is 16.5. The summed E-state index contributed by atoms with van der Waals surface area (Å²) in [6.45, 7) is 3.92. The molecule has 0 bridgehead atoms. The van der Waals surface area contributed by atoms with Crippen molar-refractivity contribution in [3.05, 3.63) is 95.1 Å². The Morgan fingerprint density at radius 3 is 2.40 bits per heavy atom. The Kier molecular flexibility index (Phi) is 7.22. The van der Waals surface area contributed by atoms with E-state index in [2.05, 4.69) is 5.32 Å². The van der Waals surface area contributed by atoms with Gasteiger partial charge in [-0.15, -0.1) is 0 Å². The van der Waals surface area contributed by atoms with Crippen LogP contribution in [0.1, 0.15) is 34.0 Å². The molecule has 0 saturated heterocycles. The van der Waals surface area contributed by atoms with Gasteiger partial charge in [-0.1, -0.05) is 67.6 Å². The lowest BCUT2D eigenvalue weighted by molar-refractivity contribution is -0.119. The molecule has 0 atom stereocenters. The third kappa shape index (κ3) is 5.47. The van der Waals surface area contributed by atoms with Crippen molar-refractivity contribution in [2.75, 3.05) is 11.9 Å². The molecule has 5 nitrogen and oxygen atoms in total. The van der Waals surface area contributed by atoms with Crippen LogP contribution in [0.2, 0.25) is 0 Å². The van der Waals surface area contributed by atoms with Crippen molar-refractivity contribution in [2.24, 2.45) is 0 Å². The number of hydrogen-bond acceptors (Lipinski definition) is 4. The lowest BCUT2D eigenvalue weighted by Gasteiger charge is -2.14. The van der Waals surface area contributed by atoms with E-state index in [0.717, 1.165) is 28.8 Å². The molecule has 0 aliphatic carbocycles. The minimum absolute atomic E-state index is 0.284. The average Bonchev–Trinajstić information content (AvgIpc) is 2.78. The zero-order chi connectivity index (χ0) is 21.3. The number of anilines is 1. The smallest absolute Gasteiger partial charge is 0.342 e. The van der Waals surface area contributed by atoms with Gasteiger partial charge in [0.25, 0.3) is 5.91 Å². The van der Waals surface area contributed by atoms with Crippen LogP contribution in [0.25, 0.3) is 0 Å². The van der Waals surface area contributed by atoms with E-state index < -0.39 is 5.97 Å². The zero-order valence-corrected chi connectivity index (χ0v) is 17.2. The van der Waals surface area contributed by atoms with Gasteiger partial charge in [0.2, 0.25) is 0 Å². The maximum absolute atomic E-state index is 12.5. The summed E-state index contributed by atoms with van der Waals surface area (Å²) in [5.41, 5.74) is 4.05. The van der Waals surface area contributed by atoms with E-state index in [0.29, 0.717) is 12.4 Å². The van der Waals surface area contributed by atoms with Crippen molar-refractivity contribution in [3.63, 3.8) is 0 Å². The standard InChI is InChI=1S/C25H25NO4/c1-3-20-13-9-10-18(2)24(20)26-23(27)17-30-25(28)21-14-7-8-15-22(21)29-16-19-11-5-4-6-12-19/h4-15H,3,16-17H2,1-2H3,(H,26,27). The van der Waals surface area contributed by atoms with Gasteiger partial charge >= 0.3 is 5.97 Å². The fourth-order valence-electron chi connectivity index (χ4n) is 3.08. The van der Waals surface area contributed by atoms with Crippen LogP contribution in [0.15, 0.2) is 72.8 Å². The first-order valence-electron chi connectivity index (χ1n) is 9.89. The number of carbonyl (C=O) groups is 2. The highest BCUT2D eigenvalue weighted by Crippen LogP contribution is 2.22. The van der Waals surface area contributed by atoms with Crippen molar-refractivity contribution in [2.45, 2.75) is 26.9 Å². The van der Waals surface area contributed by atoms with Gasteiger partial charge in [-0.25, -0.2) is 4.79 Å². The highest BCUT2D eigenvalue weighted by molar-refractivity contribution is 5.97. The van der Waals surface area contributed by atoms with E-state index in [9.17, 15) is 9.59 Å². The Morgan fingerprint density at radius 1 is 0.900 bits per heavy atom. The lowest BCUT2D eigenvalue weighted by atomic mass is 10.1. The number of carbonyl (C=O) groups excluding carboxylic acids is 2. The molecule has 0 spiro atoms. The number of rotatable bonds is 8. The molecule has 1 N–H and O–H groups in total. The van der Waals surface area contributed by atoms with Crippen LogP contribution in [0.5, 0.6) is 5.75 Å². The van der Waals surface area contributed by atoms with Gasteiger partial charge in [0.15, 0.2) is 6.61 Å². The highest BCUT2D eigenvalue weighted by Gasteiger charge is 2.16. The first-order valence-corrected chi connectivity index (χ1v) is 9.89. The number of amides is 1. The van der Waals surface area contributed by atoms with E-state index in [-0.39, 0.29) is 18.1 Å². The predicted molar refractivity (Wildman–Crippen MR) is 117 cm³/mol. The molecule has 5 heteroatoms. The Balaban J connectivity index is 1.61. The second-order valence-electron chi connectivity index (χ2n) is 6.86. The topological polar surface area (TPSA) is 64.6 Å². The van der Waals surface area contributed by atoms with E-state index in [4.69, 9.17) is 9.47 Å². The predicted octanol–water partition coefficient (Wildman–Crippen LogP) is 4.93. The normalized spacial score (nSPS) is 10.3. The van der Waals surface area contributed by atoms with Crippen LogP contribution >= 0.6 is 0 Å². The first kappa shape index (κ1) is 21.1. The summed E-state index contributed by atoms with van der Waals surface area (Å²) in [4.78, 5) is 24.9. The van der Waals surface area contributed by atoms with Crippen LogP contribution in [0.3, 0.4) is 0 Å². The fourth-order valence-corrected chi connectivity index (χ4v) is 3.08. The summed E-state index contributed by atoms with van der Waals surface area (Å²) in [5.74, 6) is -0.566. The van der Waals surface area contributed by atoms with Crippen LogP contribution < -0.4 is 10.1 Å². The minimum Gasteiger partial charge on any atom is -0.488 e. The van der Waals surface area contributed by atoms with E-state index >= 15 is 0 Å². The monoisotopic (exact) mass is 403 g/mol. The van der Waals surface area contributed by atoms with Gasteiger partial charge in [-0.05, 0) is 42.2 Å². The number of benzene rings is 3. The number of esters is 1. The Hall–Kier alpha value is -3.60. The van der Waals surface area contributed by atoms with Crippen molar-refractivity contribution < 1.29 is 19.1 Å². The third-order valence-corrected chi connectivity index (χ3v) is 4.68. The van der Waals surface area contributed by atoms with Crippen molar-refractivity contribution in [3.8, 4) is 5.75 Å². The minimum atomic E-state index is -0.602. The van der Waals surface area contributed by atoms with Gasteiger partial charge in [-0.2, -0.15) is 0 Å². The molecule has 0 aliphatic heterocycles. The summed E-state index contributed by atoms with van der Waals surface area (Å²) in [6.07, 6.45) is 0.795. The maximum atomic E-state index is 12.5. The largest absolute Gasteiger partial charge is 0.488 e. The van der Waals surface area contributed by atoms with Gasteiger partial charge in [0.1, 0.15) is 17.9 Å². The van der Waals surface area contributed by atoms with Crippen molar-refractivity contribution in [1.82, 2.24) is 0 Å². The Morgan fingerprint density at radius 2 is 1.63 bits per heavy atom. The summed E-state index contributed by atoms with van der Waals surface area (Å²) in [6, 6.07) is 22.4. The first-order chi connectivity index (χ1) is 14.6. The second kappa shape index (κ2) is 10.3. The van der Waals surface area contributed by atoms with E-state index in [1.54, 1.807) is 24.3 Å². The summed E-state index contributed by atoms with van der Waals surface area (Å²) in [5, 5.41) is 2.85. The SMILES string of the molecule is CCc1cccc(C)c1NC(=O)COC(=O)c1ccccc1OCc1ccccc1. The van der Waals surface area contributed by atoms with Crippen molar-refractivity contribution in [1.29, 1.82) is 0 Å². The second-order valence-corrected chi connectivity index (χ2v) is 6.86. The molecule has 0 aromatic heterocycles. The summed E-state index contributed by atoms with van der Waals surface area (Å²) in [7, 11) is 0. The Bertz CT molecular complexity index is 1010. The van der Waals surface area contributed by atoms with Crippen molar-refractivity contribution >= 4 is 17.6 Å². The lowest BCUT2D eigenvalue weighted by Crippen LogP contribution is -2.22. The number of ether oxygens (including phenoxy) is 2. The molecule has 3 aromatic rings. The van der Waals surface area contributed by atoms with E-state index in [1.807, 2.05) is 62.4 Å². The number of aryl methyl sites for hydroxylation is 2. The maximum Gasteiger partial charge on any atom is 0.342 e. The molecular formula is C25H25NO4. The molecule has 30 heavy (non-hydrogen) atoms. The molecule has 0 unspecified atom stereocenters. The molecule has 3 rings (SSSR count). The molecule has 3 aromatic carbocycles. The molecule has 154 valence electrons. The average molecular weight is 403 g/mol. The molecule has 0 saturated carbocycles. The number of hydrogen-bond donors (Lipinski definition) is 1. The molecule has 1 amide bonds. The number of para-hydroxylation sites is 2. The third-order valence-electron chi connectivity index (χ3n) is 4.68. The van der Waals surface area contributed by atoms with Gasteiger partial charge in [-0.3, -0.25) is 4.79 Å². The molecular weight excluding hydrogens is 378 g/mol. The van der Waals surface area contributed by atoms with Crippen LogP contribution in [0, 0.1) is 6.92 Å². The van der Waals surface area contributed by atoms with Gasteiger partial charge < -0.3 is 14.8 Å². The summed E-state index contributed by atoms with van der Waals surface area (Å²) >= 11 is 0. The van der Waals surface area contributed by atoms with Gasteiger partial charge in [0.05, 0.1) is 0 Å². The summed E-state index contributed by atoms with van der Waals surface area (Å²) < 4.78 is 11.0. The van der Waals surface area contributed by atoms with Crippen LogP contribution in [-0.4, -0.2) is 18.5 Å². The Labute approximate surface area is 176 Å². The molecule has 0 fully saturated rings. The zero-order valence-electron chi connectivity index (χ0n) is 17.2. The van der Waals surface area contributed by atoms with E-state index in [1.165, 1.54) is 0 Å². The quantitative estimate of drug-likeness (QED) is 0.542. The van der Waals surface area contributed by atoms with Crippen LogP contribution in [0.4, 0.5) is 5.69 Å². The number of nitrogens with one attached hydrogen (secondary N) is 1. The molecule has 0 heterocycles.